The molecule has 6 heteroatoms. The zero-order chi connectivity index (χ0) is 15.3. The number of carbonyl (C=O) groups is 1. The Bertz CT molecular complexity index is 502. The van der Waals surface area contributed by atoms with Gasteiger partial charge in [-0.15, -0.1) is 12.4 Å². The molecule has 2 rings (SSSR count). The van der Waals surface area contributed by atoms with Gasteiger partial charge in [0.1, 0.15) is 0 Å². The number of hydrogen-bond donors (Lipinski definition) is 2. The Labute approximate surface area is 138 Å². The third-order valence-corrected chi connectivity index (χ3v) is 4.00. The van der Waals surface area contributed by atoms with Crippen LogP contribution in [-0.2, 0) is 4.79 Å². The standard InChI is InChI=1S/C16H24N2O3.ClH/c1-4-16(9-6-10-17-16)15(19)18-12-7-8-13(21-5-2)14(11-12)20-3;/h7-8,11,17H,4-6,9-10H2,1-3H3,(H,18,19);1H. The van der Waals surface area contributed by atoms with Gasteiger partial charge in [-0.2, -0.15) is 0 Å². The summed E-state index contributed by atoms with van der Waals surface area (Å²) in [5.74, 6) is 1.33. The highest BCUT2D eigenvalue weighted by atomic mass is 35.5. The average Bonchev–Trinajstić information content (AvgIpc) is 2.99. The van der Waals surface area contributed by atoms with Gasteiger partial charge in [-0.3, -0.25) is 4.79 Å². The van der Waals surface area contributed by atoms with Crippen LogP contribution in [0.2, 0.25) is 0 Å². The molecule has 1 amide bonds. The molecule has 1 atom stereocenters. The van der Waals surface area contributed by atoms with Gasteiger partial charge in [0.25, 0.3) is 0 Å². The van der Waals surface area contributed by atoms with E-state index < -0.39 is 5.54 Å². The van der Waals surface area contributed by atoms with Crippen LogP contribution in [0.3, 0.4) is 0 Å². The van der Waals surface area contributed by atoms with Crippen molar-refractivity contribution >= 4 is 24.0 Å². The predicted molar refractivity (Wildman–Crippen MR) is 90.3 cm³/mol. The molecule has 0 spiro atoms. The minimum atomic E-state index is -0.439. The third kappa shape index (κ3) is 3.84. The molecule has 1 saturated heterocycles. The van der Waals surface area contributed by atoms with Gasteiger partial charge in [-0.1, -0.05) is 6.92 Å². The first kappa shape index (κ1) is 18.6. The van der Waals surface area contributed by atoms with Crippen LogP contribution in [0.5, 0.6) is 11.5 Å². The maximum atomic E-state index is 12.5. The average molecular weight is 329 g/mol. The van der Waals surface area contributed by atoms with Gasteiger partial charge in [-0.05, 0) is 44.9 Å². The lowest BCUT2D eigenvalue weighted by molar-refractivity contribution is -0.122. The van der Waals surface area contributed by atoms with E-state index in [-0.39, 0.29) is 18.3 Å². The fourth-order valence-corrected chi connectivity index (χ4v) is 2.73. The first-order chi connectivity index (χ1) is 10.1. The second-order valence-electron chi connectivity index (χ2n) is 5.22. The van der Waals surface area contributed by atoms with Gasteiger partial charge in [0.2, 0.25) is 5.91 Å². The van der Waals surface area contributed by atoms with Crippen LogP contribution in [0.4, 0.5) is 5.69 Å². The molecule has 124 valence electrons. The van der Waals surface area contributed by atoms with Gasteiger partial charge < -0.3 is 20.1 Å². The van der Waals surface area contributed by atoms with E-state index in [4.69, 9.17) is 9.47 Å². The molecule has 22 heavy (non-hydrogen) atoms. The SMILES string of the molecule is CCOc1ccc(NC(=O)C2(CC)CCCN2)cc1OC.Cl. The number of hydrogen-bond acceptors (Lipinski definition) is 4. The number of methoxy groups -OCH3 is 1. The van der Waals surface area contributed by atoms with Crippen LogP contribution in [0.1, 0.15) is 33.1 Å². The minimum Gasteiger partial charge on any atom is -0.493 e. The molecule has 1 aliphatic heterocycles. The Balaban J connectivity index is 0.00000242. The summed E-state index contributed by atoms with van der Waals surface area (Å²) >= 11 is 0. The summed E-state index contributed by atoms with van der Waals surface area (Å²) in [7, 11) is 1.59. The maximum Gasteiger partial charge on any atom is 0.244 e. The zero-order valence-corrected chi connectivity index (χ0v) is 14.2. The van der Waals surface area contributed by atoms with Gasteiger partial charge >= 0.3 is 0 Å². The van der Waals surface area contributed by atoms with Crippen molar-refractivity contribution in [1.82, 2.24) is 5.32 Å². The molecule has 1 unspecified atom stereocenters. The molecule has 5 nitrogen and oxygen atoms in total. The number of ether oxygens (including phenoxy) is 2. The monoisotopic (exact) mass is 328 g/mol. The van der Waals surface area contributed by atoms with E-state index in [1.54, 1.807) is 13.2 Å². The Morgan fingerprint density at radius 3 is 2.68 bits per heavy atom. The van der Waals surface area contributed by atoms with E-state index >= 15 is 0 Å². The number of carbonyl (C=O) groups excluding carboxylic acids is 1. The van der Waals surface area contributed by atoms with Crippen LogP contribution in [-0.4, -0.2) is 31.7 Å². The van der Waals surface area contributed by atoms with Gasteiger partial charge in [0.15, 0.2) is 11.5 Å². The maximum absolute atomic E-state index is 12.5. The lowest BCUT2D eigenvalue weighted by atomic mass is 9.93. The molecule has 0 saturated carbocycles. The van der Waals surface area contributed by atoms with Crippen molar-refractivity contribution in [3.05, 3.63) is 18.2 Å². The van der Waals surface area contributed by atoms with E-state index in [2.05, 4.69) is 10.6 Å². The van der Waals surface area contributed by atoms with Crippen molar-refractivity contribution in [3.63, 3.8) is 0 Å². The highest BCUT2D eigenvalue weighted by molar-refractivity contribution is 5.98. The van der Waals surface area contributed by atoms with Crippen molar-refractivity contribution in [3.8, 4) is 11.5 Å². The summed E-state index contributed by atoms with van der Waals surface area (Å²) in [6.07, 6.45) is 2.70. The molecule has 0 aromatic heterocycles. The van der Waals surface area contributed by atoms with Crippen LogP contribution < -0.4 is 20.1 Å². The lowest BCUT2D eigenvalue weighted by Crippen LogP contribution is -2.50. The second kappa shape index (κ2) is 8.25. The fraction of sp³-hybridized carbons (Fsp3) is 0.562. The number of anilines is 1. The zero-order valence-electron chi connectivity index (χ0n) is 13.4. The summed E-state index contributed by atoms with van der Waals surface area (Å²) in [6.45, 7) is 5.43. The lowest BCUT2D eigenvalue weighted by Gasteiger charge is -2.26. The highest BCUT2D eigenvalue weighted by Gasteiger charge is 2.39. The quantitative estimate of drug-likeness (QED) is 0.843. The topological polar surface area (TPSA) is 59.6 Å². The molecule has 1 aromatic carbocycles. The minimum absolute atomic E-state index is 0. The Morgan fingerprint density at radius 1 is 1.36 bits per heavy atom. The van der Waals surface area contributed by atoms with E-state index in [1.165, 1.54) is 0 Å². The number of rotatable bonds is 6. The number of amides is 1. The largest absolute Gasteiger partial charge is 0.493 e. The van der Waals surface area contributed by atoms with E-state index in [0.717, 1.165) is 31.5 Å². The first-order valence-electron chi connectivity index (χ1n) is 7.52. The summed E-state index contributed by atoms with van der Waals surface area (Å²) < 4.78 is 10.8. The summed E-state index contributed by atoms with van der Waals surface area (Å²) in [6, 6.07) is 5.45. The van der Waals surface area contributed by atoms with E-state index in [9.17, 15) is 4.79 Å². The molecule has 0 aliphatic carbocycles. The number of benzene rings is 1. The summed E-state index contributed by atoms with van der Waals surface area (Å²) in [4.78, 5) is 12.5. The molecule has 1 aliphatic rings. The van der Waals surface area contributed by atoms with Crippen molar-refractivity contribution < 1.29 is 14.3 Å². The third-order valence-electron chi connectivity index (χ3n) is 4.00. The van der Waals surface area contributed by atoms with E-state index in [1.807, 2.05) is 26.0 Å². The van der Waals surface area contributed by atoms with Crippen LogP contribution in [0.15, 0.2) is 18.2 Å². The van der Waals surface area contributed by atoms with E-state index in [0.29, 0.717) is 18.1 Å². The highest BCUT2D eigenvalue weighted by Crippen LogP contribution is 2.31. The van der Waals surface area contributed by atoms with Crippen molar-refractivity contribution in [2.45, 2.75) is 38.6 Å². The van der Waals surface area contributed by atoms with Crippen molar-refractivity contribution in [2.24, 2.45) is 0 Å². The Morgan fingerprint density at radius 2 is 2.14 bits per heavy atom. The number of nitrogens with one attached hydrogen (secondary N) is 2. The molecule has 1 fully saturated rings. The number of halogens is 1. The van der Waals surface area contributed by atoms with Gasteiger partial charge in [0, 0.05) is 11.8 Å². The molecular formula is C16H25ClN2O3. The molecule has 1 aromatic rings. The second-order valence-corrected chi connectivity index (χ2v) is 5.22. The van der Waals surface area contributed by atoms with Crippen molar-refractivity contribution in [1.29, 1.82) is 0 Å². The van der Waals surface area contributed by atoms with Gasteiger partial charge in [-0.25, -0.2) is 0 Å². The fourth-order valence-electron chi connectivity index (χ4n) is 2.73. The normalized spacial score (nSPS) is 20.1. The Hall–Kier alpha value is -1.46. The van der Waals surface area contributed by atoms with Crippen LogP contribution >= 0.6 is 12.4 Å². The summed E-state index contributed by atoms with van der Waals surface area (Å²) in [5, 5.41) is 6.31. The molecule has 0 radical (unpaired) electrons. The Kier molecular flexibility index (Phi) is 6.97. The molecule has 0 bridgehead atoms. The smallest absolute Gasteiger partial charge is 0.244 e. The summed E-state index contributed by atoms with van der Waals surface area (Å²) in [5.41, 5.74) is 0.285. The molecule has 1 heterocycles. The predicted octanol–water partition coefficient (Wildman–Crippen LogP) is 2.99. The van der Waals surface area contributed by atoms with Gasteiger partial charge in [0.05, 0.1) is 19.3 Å². The molecular weight excluding hydrogens is 304 g/mol. The molecule has 2 N–H and O–H groups in total. The first-order valence-corrected chi connectivity index (χ1v) is 7.52. The van der Waals surface area contributed by atoms with Crippen molar-refractivity contribution in [2.75, 3.05) is 25.6 Å². The van der Waals surface area contributed by atoms with Crippen LogP contribution in [0.25, 0.3) is 0 Å². The van der Waals surface area contributed by atoms with Crippen LogP contribution in [0, 0.1) is 0 Å².